The Balaban J connectivity index is 1.82. The molecule has 1 aliphatic heterocycles. The maximum absolute atomic E-state index is 12.1. The lowest BCUT2D eigenvalue weighted by molar-refractivity contribution is -0.126. The zero-order valence-electron chi connectivity index (χ0n) is 11.6. The summed E-state index contributed by atoms with van der Waals surface area (Å²) in [7, 11) is 1.65. The molecule has 1 aromatic carbocycles. The highest BCUT2D eigenvalue weighted by atomic mass is 16.5. The highest BCUT2D eigenvalue weighted by Gasteiger charge is 2.24. The van der Waals surface area contributed by atoms with Gasteiger partial charge in [0, 0.05) is 13.1 Å². The van der Waals surface area contributed by atoms with Crippen molar-refractivity contribution in [2.75, 3.05) is 20.2 Å². The molecule has 1 aliphatic rings. The van der Waals surface area contributed by atoms with Crippen LogP contribution in [0.15, 0.2) is 24.3 Å². The summed E-state index contributed by atoms with van der Waals surface area (Å²) in [6.45, 7) is 4.56. The van der Waals surface area contributed by atoms with Crippen molar-refractivity contribution in [1.29, 1.82) is 0 Å². The van der Waals surface area contributed by atoms with Crippen LogP contribution in [0.1, 0.15) is 18.9 Å². The first kappa shape index (κ1) is 13.9. The molecule has 1 aromatic rings. The molecule has 1 heterocycles. The van der Waals surface area contributed by atoms with Crippen molar-refractivity contribution in [3.05, 3.63) is 29.8 Å². The molecule has 4 nitrogen and oxygen atoms in total. The van der Waals surface area contributed by atoms with Crippen LogP contribution < -0.4 is 15.4 Å². The van der Waals surface area contributed by atoms with E-state index in [9.17, 15) is 4.79 Å². The SMILES string of the molecule is COc1ccc(CNC(=O)C2CNCC(C)C2)cc1. The fourth-order valence-electron chi connectivity index (χ4n) is 2.43. The minimum absolute atomic E-state index is 0.0991. The fraction of sp³-hybridized carbons (Fsp3) is 0.533. The number of methoxy groups -OCH3 is 1. The molecule has 1 amide bonds. The first-order valence-electron chi connectivity index (χ1n) is 6.80. The van der Waals surface area contributed by atoms with E-state index < -0.39 is 0 Å². The quantitative estimate of drug-likeness (QED) is 0.865. The number of nitrogens with one attached hydrogen (secondary N) is 2. The lowest BCUT2D eigenvalue weighted by atomic mass is 9.91. The van der Waals surface area contributed by atoms with Crippen molar-refractivity contribution < 1.29 is 9.53 Å². The highest BCUT2D eigenvalue weighted by Crippen LogP contribution is 2.16. The topological polar surface area (TPSA) is 50.4 Å². The van der Waals surface area contributed by atoms with E-state index in [1.165, 1.54) is 0 Å². The number of hydrogen-bond donors (Lipinski definition) is 2. The van der Waals surface area contributed by atoms with Crippen molar-refractivity contribution in [2.45, 2.75) is 19.9 Å². The van der Waals surface area contributed by atoms with Gasteiger partial charge in [-0.3, -0.25) is 4.79 Å². The number of ether oxygens (including phenoxy) is 1. The van der Waals surface area contributed by atoms with Gasteiger partial charge in [0.05, 0.1) is 13.0 Å². The van der Waals surface area contributed by atoms with E-state index in [0.29, 0.717) is 12.5 Å². The maximum atomic E-state index is 12.1. The molecule has 0 radical (unpaired) electrons. The Morgan fingerprint density at radius 2 is 2.11 bits per heavy atom. The van der Waals surface area contributed by atoms with Gasteiger partial charge in [-0.1, -0.05) is 19.1 Å². The summed E-state index contributed by atoms with van der Waals surface area (Å²) >= 11 is 0. The molecule has 0 aromatic heterocycles. The average Bonchev–Trinajstić information content (AvgIpc) is 2.45. The third-order valence-electron chi connectivity index (χ3n) is 3.57. The molecule has 2 unspecified atom stereocenters. The second-order valence-electron chi connectivity index (χ2n) is 5.26. The molecule has 2 rings (SSSR count). The highest BCUT2D eigenvalue weighted by molar-refractivity contribution is 5.79. The van der Waals surface area contributed by atoms with Crippen LogP contribution in [0.3, 0.4) is 0 Å². The Morgan fingerprint density at radius 3 is 2.74 bits per heavy atom. The van der Waals surface area contributed by atoms with Crippen LogP contribution in [-0.2, 0) is 11.3 Å². The van der Waals surface area contributed by atoms with Crippen molar-refractivity contribution in [3.8, 4) is 5.75 Å². The number of amides is 1. The molecule has 0 bridgehead atoms. The minimum atomic E-state index is 0.0991. The minimum Gasteiger partial charge on any atom is -0.497 e. The number of rotatable bonds is 4. The Bertz CT molecular complexity index is 417. The molecule has 0 saturated carbocycles. The van der Waals surface area contributed by atoms with E-state index in [4.69, 9.17) is 4.74 Å². The van der Waals surface area contributed by atoms with Gasteiger partial charge in [-0.25, -0.2) is 0 Å². The number of carbonyl (C=O) groups excluding carboxylic acids is 1. The first-order valence-corrected chi connectivity index (χ1v) is 6.80. The lowest BCUT2D eigenvalue weighted by Gasteiger charge is -2.26. The second-order valence-corrected chi connectivity index (χ2v) is 5.26. The predicted octanol–water partition coefficient (Wildman–Crippen LogP) is 1.56. The lowest BCUT2D eigenvalue weighted by Crippen LogP contribution is -2.43. The van der Waals surface area contributed by atoms with E-state index in [-0.39, 0.29) is 11.8 Å². The normalized spacial score (nSPS) is 22.8. The van der Waals surface area contributed by atoms with E-state index in [0.717, 1.165) is 30.8 Å². The molecule has 19 heavy (non-hydrogen) atoms. The summed E-state index contributed by atoms with van der Waals surface area (Å²) in [6, 6.07) is 7.76. The van der Waals surface area contributed by atoms with Crippen LogP contribution in [0.4, 0.5) is 0 Å². The van der Waals surface area contributed by atoms with Gasteiger partial charge in [-0.05, 0) is 36.6 Å². The third-order valence-corrected chi connectivity index (χ3v) is 3.57. The first-order chi connectivity index (χ1) is 9.19. The Morgan fingerprint density at radius 1 is 1.37 bits per heavy atom. The number of piperidine rings is 1. The maximum Gasteiger partial charge on any atom is 0.224 e. The molecule has 1 saturated heterocycles. The summed E-state index contributed by atoms with van der Waals surface area (Å²) in [4.78, 5) is 12.1. The molecule has 0 aliphatic carbocycles. The van der Waals surface area contributed by atoms with E-state index in [2.05, 4.69) is 17.6 Å². The van der Waals surface area contributed by atoms with Gasteiger partial charge in [0.25, 0.3) is 0 Å². The van der Waals surface area contributed by atoms with E-state index in [1.807, 2.05) is 24.3 Å². The number of carbonyl (C=O) groups is 1. The molecular formula is C15H22N2O2. The van der Waals surface area contributed by atoms with Crippen LogP contribution >= 0.6 is 0 Å². The van der Waals surface area contributed by atoms with Gasteiger partial charge in [-0.15, -0.1) is 0 Å². The van der Waals surface area contributed by atoms with Crippen LogP contribution in [0.25, 0.3) is 0 Å². The zero-order valence-corrected chi connectivity index (χ0v) is 11.6. The molecule has 0 spiro atoms. The van der Waals surface area contributed by atoms with Gasteiger partial charge in [0.1, 0.15) is 5.75 Å². The average molecular weight is 262 g/mol. The van der Waals surface area contributed by atoms with Gasteiger partial charge in [0.2, 0.25) is 5.91 Å². The smallest absolute Gasteiger partial charge is 0.224 e. The number of hydrogen-bond acceptors (Lipinski definition) is 3. The second kappa shape index (κ2) is 6.57. The Hall–Kier alpha value is -1.55. The zero-order chi connectivity index (χ0) is 13.7. The Kier molecular flexibility index (Phi) is 4.80. The van der Waals surface area contributed by atoms with Crippen LogP contribution in [0.5, 0.6) is 5.75 Å². The van der Waals surface area contributed by atoms with Gasteiger partial charge < -0.3 is 15.4 Å². The van der Waals surface area contributed by atoms with Crippen LogP contribution in [0.2, 0.25) is 0 Å². The van der Waals surface area contributed by atoms with Gasteiger partial charge in [-0.2, -0.15) is 0 Å². The molecule has 2 atom stereocenters. The predicted molar refractivity (Wildman–Crippen MR) is 75.0 cm³/mol. The summed E-state index contributed by atoms with van der Waals surface area (Å²) in [5, 5.41) is 6.31. The van der Waals surface area contributed by atoms with E-state index >= 15 is 0 Å². The third kappa shape index (κ3) is 3.96. The van der Waals surface area contributed by atoms with Crippen molar-refractivity contribution in [1.82, 2.24) is 10.6 Å². The molecule has 2 N–H and O–H groups in total. The molecule has 4 heteroatoms. The Labute approximate surface area is 114 Å². The largest absolute Gasteiger partial charge is 0.497 e. The van der Waals surface area contributed by atoms with Crippen molar-refractivity contribution in [2.24, 2.45) is 11.8 Å². The van der Waals surface area contributed by atoms with Gasteiger partial charge >= 0.3 is 0 Å². The summed E-state index contributed by atoms with van der Waals surface area (Å²) in [6.07, 6.45) is 0.974. The monoisotopic (exact) mass is 262 g/mol. The van der Waals surface area contributed by atoms with E-state index in [1.54, 1.807) is 7.11 Å². The van der Waals surface area contributed by atoms with Crippen molar-refractivity contribution in [3.63, 3.8) is 0 Å². The fourth-order valence-corrected chi connectivity index (χ4v) is 2.43. The van der Waals surface area contributed by atoms with Gasteiger partial charge in [0.15, 0.2) is 0 Å². The molecule has 1 fully saturated rings. The summed E-state index contributed by atoms with van der Waals surface area (Å²) < 4.78 is 5.11. The van der Waals surface area contributed by atoms with Crippen LogP contribution in [-0.4, -0.2) is 26.1 Å². The number of benzene rings is 1. The summed E-state index contributed by atoms with van der Waals surface area (Å²) in [5.41, 5.74) is 1.09. The summed E-state index contributed by atoms with van der Waals surface area (Å²) in [5.74, 6) is 1.66. The molecule has 104 valence electrons. The molecular weight excluding hydrogens is 240 g/mol. The standard InChI is InChI=1S/C15H22N2O2/c1-11-7-13(10-16-8-11)15(18)17-9-12-3-5-14(19-2)6-4-12/h3-6,11,13,16H,7-10H2,1-2H3,(H,17,18). The van der Waals surface area contributed by atoms with Crippen LogP contribution in [0, 0.1) is 11.8 Å². The van der Waals surface area contributed by atoms with Crippen molar-refractivity contribution >= 4 is 5.91 Å².